The fourth-order valence-electron chi connectivity index (χ4n) is 2.44. The predicted molar refractivity (Wildman–Crippen MR) is 76.8 cm³/mol. The van der Waals surface area contributed by atoms with E-state index in [2.05, 4.69) is 4.98 Å². The van der Waals surface area contributed by atoms with Crippen LogP contribution in [0.15, 0.2) is 24.3 Å². The second-order valence-corrected chi connectivity index (χ2v) is 5.84. The summed E-state index contributed by atoms with van der Waals surface area (Å²) in [5, 5.41) is 10.1. The fourth-order valence-corrected chi connectivity index (χ4v) is 3.52. The average Bonchev–Trinajstić information content (AvgIpc) is 2.91. The maximum absolute atomic E-state index is 11.2. The first kappa shape index (κ1) is 13.1. The predicted octanol–water partition coefficient (Wildman–Crippen LogP) is 3.12. The Morgan fingerprint density at radius 1 is 1.50 bits per heavy atom. The lowest BCUT2D eigenvalue weighted by Gasteiger charge is -2.23. The number of carboxylic acid groups (broad SMARTS) is 1. The highest BCUT2D eigenvalue weighted by Gasteiger charge is 2.26. The van der Waals surface area contributed by atoms with E-state index in [4.69, 9.17) is 4.74 Å². The van der Waals surface area contributed by atoms with Crippen molar-refractivity contribution in [1.82, 2.24) is 4.98 Å². The van der Waals surface area contributed by atoms with Gasteiger partial charge in [0.15, 0.2) is 0 Å². The van der Waals surface area contributed by atoms with E-state index in [1.807, 2.05) is 31.2 Å². The number of fused-ring (bicyclic) bond motifs is 1. The first-order valence-electron chi connectivity index (χ1n) is 6.62. The van der Waals surface area contributed by atoms with Gasteiger partial charge in [0.2, 0.25) is 0 Å². The van der Waals surface area contributed by atoms with Gasteiger partial charge in [0.25, 0.3) is 0 Å². The van der Waals surface area contributed by atoms with E-state index < -0.39 is 5.97 Å². The van der Waals surface area contributed by atoms with Crippen LogP contribution in [0.2, 0.25) is 0 Å². The molecule has 20 heavy (non-hydrogen) atoms. The summed E-state index contributed by atoms with van der Waals surface area (Å²) in [4.78, 5) is 16.1. The lowest BCUT2D eigenvalue weighted by atomic mass is 9.97. The Morgan fingerprint density at radius 3 is 3.00 bits per heavy atom. The van der Waals surface area contributed by atoms with E-state index in [1.54, 1.807) is 0 Å². The number of rotatable bonds is 3. The molecule has 0 bridgehead atoms. The van der Waals surface area contributed by atoms with Crippen molar-refractivity contribution in [3.63, 3.8) is 0 Å². The topological polar surface area (TPSA) is 59.4 Å². The van der Waals surface area contributed by atoms with Crippen LogP contribution >= 0.6 is 11.3 Å². The summed E-state index contributed by atoms with van der Waals surface area (Å²) in [6, 6.07) is 7.97. The first-order chi connectivity index (χ1) is 9.69. The second-order valence-electron chi connectivity index (χ2n) is 4.81. The van der Waals surface area contributed by atoms with Gasteiger partial charge in [0.1, 0.15) is 15.6 Å². The molecule has 0 radical (unpaired) electrons. The maximum atomic E-state index is 11.2. The highest BCUT2D eigenvalue weighted by atomic mass is 32.1. The number of aromatic nitrogens is 1. The highest BCUT2D eigenvalue weighted by Crippen LogP contribution is 2.34. The molecule has 5 heteroatoms. The van der Waals surface area contributed by atoms with Gasteiger partial charge in [-0.05, 0) is 24.5 Å². The van der Waals surface area contributed by atoms with E-state index in [9.17, 15) is 9.90 Å². The van der Waals surface area contributed by atoms with Crippen LogP contribution in [0.25, 0.3) is 0 Å². The molecule has 0 spiro atoms. The van der Waals surface area contributed by atoms with E-state index in [1.165, 1.54) is 11.3 Å². The number of aromatic carboxylic acids is 1. The molecular weight excluding hydrogens is 274 g/mol. The standard InChI is InChI=1S/C15H15NO3S/c1-2-11-13(15(17)18)20-14(16-11)10-7-9-5-3-4-6-12(9)19-8-10/h3-6,10H,2,7-8H2,1H3,(H,17,18). The molecule has 0 saturated carbocycles. The number of thiazole rings is 1. The number of carbonyl (C=O) groups is 1. The number of nitrogens with zero attached hydrogens (tertiary/aromatic N) is 1. The van der Waals surface area contributed by atoms with E-state index in [-0.39, 0.29) is 5.92 Å². The molecule has 0 aliphatic carbocycles. The van der Waals surface area contributed by atoms with Gasteiger partial charge in [-0.2, -0.15) is 0 Å². The summed E-state index contributed by atoms with van der Waals surface area (Å²) in [7, 11) is 0. The SMILES string of the molecule is CCc1nc(C2COc3ccccc3C2)sc1C(=O)O. The van der Waals surface area contributed by atoms with Crippen molar-refractivity contribution in [1.29, 1.82) is 0 Å². The maximum Gasteiger partial charge on any atom is 0.347 e. The van der Waals surface area contributed by atoms with Gasteiger partial charge in [-0.3, -0.25) is 0 Å². The van der Waals surface area contributed by atoms with Gasteiger partial charge >= 0.3 is 5.97 Å². The summed E-state index contributed by atoms with van der Waals surface area (Å²) in [6.07, 6.45) is 1.49. The van der Waals surface area contributed by atoms with Crippen molar-refractivity contribution in [2.75, 3.05) is 6.61 Å². The van der Waals surface area contributed by atoms with Crippen LogP contribution in [0, 0.1) is 0 Å². The molecule has 1 aliphatic rings. The summed E-state index contributed by atoms with van der Waals surface area (Å²) in [5.41, 5.74) is 1.84. The van der Waals surface area contributed by atoms with Crippen LogP contribution in [0.4, 0.5) is 0 Å². The largest absolute Gasteiger partial charge is 0.493 e. The Balaban J connectivity index is 1.90. The molecule has 2 heterocycles. The molecule has 1 N–H and O–H groups in total. The minimum atomic E-state index is -0.886. The molecule has 1 unspecified atom stereocenters. The molecule has 2 aromatic rings. The van der Waals surface area contributed by atoms with Crippen molar-refractivity contribution >= 4 is 17.3 Å². The Hall–Kier alpha value is -1.88. The molecule has 1 aliphatic heterocycles. The third-order valence-corrected chi connectivity index (χ3v) is 4.72. The second kappa shape index (κ2) is 5.25. The molecule has 104 valence electrons. The van der Waals surface area contributed by atoms with Gasteiger partial charge in [0.05, 0.1) is 12.3 Å². The van der Waals surface area contributed by atoms with Gasteiger partial charge in [-0.1, -0.05) is 25.1 Å². The molecule has 1 aromatic carbocycles. The third-order valence-electron chi connectivity index (χ3n) is 3.47. The lowest BCUT2D eigenvalue weighted by Crippen LogP contribution is -2.19. The zero-order valence-corrected chi connectivity index (χ0v) is 11.9. The van der Waals surface area contributed by atoms with Gasteiger partial charge < -0.3 is 9.84 Å². The Kier molecular flexibility index (Phi) is 3.44. The molecule has 0 saturated heterocycles. The van der Waals surface area contributed by atoms with E-state index in [0.717, 1.165) is 22.7 Å². The smallest absolute Gasteiger partial charge is 0.347 e. The summed E-state index contributed by atoms with van der Waals surface area (Å²) >= 11 is 1.28. The molecule has 1 aromatic heterocycles. The first-order valence-corrected chi connectivity index (χ1v) is 7.44. The van der Waals surface area contributed by atoms with Crippen molar-refractivity contribution in [2.24, 2.45) is 0 Å². The number of benzene rings is 1. The normalized spacial score (nSPS) is 17.4. The van der Waals surface area contributed by atoms with Crippen LogP contribution in [0.3, 0.4) is 0 Å². The third kappa shape index (κ3) is 2.29. The molecule has 1 atom stereocenters. The number of para-hydroxylation sites is 1. The Bertz CT molecular complexity index is 650. The van der Waals surface area contributed by atoms with Crippen molar-refractivity contribution < 1.29 is 14.6 Å². The number of hydrogen-bond donors (Lipinski definition) is 1. The molecular formula is C15H15NO3S. The summed E-state index contributed by atoms with van der Waals surface area (Å²) in [5.74, 6) is 0.186. The highest BCUT2D eigenvalue weighted by molar-refractivity contribution is 7.13. The van der Waals surface area contributed by atoms with E-state index in [0.29, 0.717) is 23.6 Å². The Labute approximate surface area is 121 Å². The van der Waals surface area contributed by atoms with Gasteiger partial charge in [0, 0.05) is 5.92 Å². The monoisotopic (exact) mass is 289 g/mol. The molecule has 4 nitrogen and oxygen atoms in total. The van der Waals surface area contributed by atoms with Crippen molar-refractivity contribution in [3.05, 3.63) is 45.4 Å². The quantitative estimate of drug-likeness (QED) is 0.943. The minimum absolute atomic E-state index is 0.147. The van der Waals surface area contributed by atoms with Crippen LogP contribution in [-0.2, 0) is 12.8 Å². The van der Waals surface area contributed by atoms with Crippen molar-refractivity contribution in [3.8, 4) is 5.75 Å². The van der Waals surface area contributed by atoms with E-state index >= 15 is 0 Å². The number of aryl methyl sites for hydroxylation is 1. The lowest BCUT2D eigenvalue weighted by molar-refractivity contribution is 0.0701. The zero-order chi connectivity index (χ0) is 14.1. The molecule has 0 fully saturated rings. The van der Waals surface area contributed by atoms with Crippen molar-refractivity contribution in [2.45, 2.75) is 25.7 Å². The average molecular weight is 289 g/mol. The molecule has 3 rings (SSSR count). The van der Waals surface area contributed by atoms with Gasteiger partial charge in [-0.15, -0.1) is 11.3 Å². The summed E-state index contributed by atoms with van der Waals surface area (Å²) < 4.78 is 5.75. The van der Waals surface area contributed by atoms with Gasteiger partial charge in [-0.25, -0.2) is 9.78 Å². The number of ether oxygens (including phenoxy) is 1. The Morgan fingerprint density at radius 2 is 2.30 bits per heavy atom. The summed E-state index contributed by atoms with van der Waals surface area (Å²) in [6.45, 7) is 2.49. The van der Waals surface area contributed by atoms with Crippen LogP contribution in [0.5, 0.6) is 5.75 Å². The molecule has 0 amide bonds. The zero-order valence-electron chi connectivity index (χ0n) is 11.1. The number of hydrogen-bond acceptors (Lipinski definition) is 4. The van der Waals surface area contributed by atoms with Crippen LogP contribution in [-0.4, -0.2) is 22.7 Å². The minimum Gasteiger partial charge on any atom is -0.493 e. The number of carboxylic acids is 1. The van der Waals surface area contributed by atoms with Crippen LogP contribution in [0.1, 0.15) is 38.8 Å². The fraction of sp³-hybridized carbons (Fsp3) is 0.333. The van der Waals surface area contributed by atoms with Crippen LogP contribution < -0.4 is 4.74 Å².